The van der Waals surface area contributed by atoms with Crippen molar-refractivity contribution in [2.75, 3.05) is 4.31 Å². The van der Waals surface area contributed by atoms with Gasteiger partial charge in [0.05, 0.1) is 5.69 Å². The number of phenols is 1. The first kappa shape index (κ1) is 10.7. The predicted octanol–water partition coefficient (Wildman–Crippen LogP) is 0.882. The van der Waals surface area contributed by atoms with Gasteiger partial charge in [0, 0.05) is 6.92 Å². The zero-order chi connectivity index (χ0) is 10.7. The average molecular weight is 215 g/mol. The van der Waals surface area contributed by atoms with Crippen molar-refractivity contribution in [2.45, 2.75) is 6.92 Å². The molecule has 0 bridgehead atoms. The van der Waals surface area contributed by atoms with E-state index in [0.29, 0.717) is 4.31 Å². The number of hydrogen-bond donors (Lipinski definition) is 2. The van der Waals surface area contributed by atoms with Crippen molar-refractivity contribution in [3.05, 3.63) is 24.3 Å². The molecule has 2 N–H and O–H groups in total. The molecule has 0 aliphatic carbocycles. The molecule has 0 fully saturated rings. The molecule has 0 aliphatic rings. The molecule has 6 heteroatoms. The standard InChI is InChI=1S/C8H9NO4S/c1-6(10)9(14(12)13)7-2-4-8(11)5-3-7/h2-5,11H,1H3,(H,12,13). The van der Waals surface area contributed by atoms with Crippen molar-refractivity contribution in [1.82, 2.24) is 0 Å². The largest absolute Gasteiger partial charge is 0.508 e. The van der Waals surface area contributed by atoms with E-state index in [1.807, 2.05) is 0 Å². The zero-order valence-corrected chi connectivity index (χ0v) is 8.19. The Bertz CT molecular complexity index is 348. The van der Waals surface area contributed by atoms with E-state index in [1.54, 1.807) is 0 Å². The monoisotopic (exact) mass is 215 g/mol. The molecule has 5 nitrogen and oxygen atoms in total. The summed E-state index contributed by atoms with van der Waals surface area (Å²) in [4.78, 5) is 11.0. The first-order chi connectivity index (χ1) is 6.52. The highest BCUT2D eigenvalue weighted by Gasteiger charge is 2.16. The number of hydrogen-bond acceptors (Lipinski definition) is 3. The molecule has 1 aromatic carbocycles. The van der Waals surface area contributed by atoms with Gasteiger partial charge in [0.2, 0.25) is 5.91 Å². The second-order valence-corrected chi connectivity index (χ2v) is 3.39. The maximum atomic E-state index is 11.0. The second kappa shape index (κ2) is 4.21. The Hall–Kier alpha value is -1.40. The van der Waals surface area contributed by atoms with Crippen LogP contribution < -0.4 is 4.31 Å². The van der Waals surface area contributed by atoms with Crippen LogP contribution in [0.25, 0.3) is 0 Å². The van der Waals surface area contributed by atoms with Crippen LogP contribution in [0.1, 0.15) is 6.92 Å². The lowest BCUT2D eigenvalue weighted by Crippen LogP contribution is -2.29. The summed E-state index contributed by atoms with van der Waals surface area (Å²) in [5.41, 5.74) is 0.260. The number of carbonyl (C=O) groups is 1. The van der Waals surface area contributed by atoms with Crippen molar-refractivity contribution in [1.29, 1.82) is 0 Å². The molecule has 0 spiro atoms. The van der Waals surface area contributed by atoms with Crippen LogP contribution in [-0.2, 0) is 16.1 Å². The number of benzene rings is 1. The van der Waals surface area contributed by atoms with E-state index in [1.165, 1.54) is 31.2 Å². The minimum absolute atomic E-state index is 0.0287. The van der Waals surface area contributed by atoms with E-state index in [2.05, 4.69) is 0 Å². The van der Waals surface area contributed by atoms with E-state index < -0.39 is 17.2 Å². The number of amides is 1. The number of nitrogens with zero attached hydrogens (tertiary/aromatic N) is 1. The summed E-state index contributed by atoms with van der Waals surface area (Å²) in [6.45, 7) is 1.18. The van der Waals surface area contributed by atoms with Gasteiger partial charge in [-0.15, -0.1) is 0 Å². The molecule has 76 valence electrons. The molecule has 0 saturated heterocycles. The molecule has 1 rings (SSSR count). The maximum absolute atomic E-state index is 11.0. The van der Waals surface area contributed by atoms with Crippen LogP contribution in [0.15, 0.2) is 24.3 Å². The lowest BCUT2D eigenvalue weighted by atomic mass is 10.3. The summed E-state index contributed by atoms with van der Waals surface area (Å²) in [7, 11) is 0. The molecule has 1 atom stereocenters. The van der Waals surface area contributed by atoms with Gasteiger partial charge in [0.15, 0.2) is 0 Å². The molecular weight excluding hydrogens is 206 g/mol. The van der Waals surface area contributed by atoms with E-state index in [9.17, 15) is 9.00 Å². The summed E-state index contributed by atoms with van der Waals surface area (Å²) in [6.07, 6.45) is 0. The van der Waals surface area contributed by atoms with Crippen LogP contribution in [0.5, 0.6) is 5.75 Å². The van der Waals surface area contributed by atoms with Crippen molar-refractivity contribution >= 4 is 22.9 Å². The van der Waals surface area contributed by atoms with Crippen LogP contribution >= 0.6 is 0 Å². The van der Waals surface area contributed by atoms with E-state index in [-0.39, 0.29) is 11.4 Å². The lowest BCUT2D eigenvalue weighted by molar-refractivity contribution is -0.115. The Morgan fingerprint density at radius 1 is 1.36 bits per heavy atom. The Labute approximate surface area is 83.4 Å². The lowest BCUT2D eigenvalue weighted by Gasteiger charge is -2.15. The Morgan fingerprint density at radius 3 is 2.21 bits per heavy atom. The molecule has 1 amide bonds. The van der Waals surface area contributed by atoms with Gasteiger partial charge in [-0.2, -0.15) is 0 Å². The van der Waals surface area contributed by atoms with Crippen LogP contribution in [0.4, 0.5) is 5.69 Å². The Balaban J connectivity index is 3.06. The van der Waals surface area contributed by atoms with Crippen LogP contribution in [0.2, 0.25) is 0 Å². The molecular formula is C8H9NO4S. The van der Waals surface area contributed by atoms with Crippen molar-refractivity contribution < 1.29 is 18.7 Å². The van der Waals surface area contributed by atoms with E-state index in [4.69, 9.17) is 9.66 Å². The number of phenolic OH excluding ortho intramolecular Hbond substituents is 1. The summed E-state index contributed by atoms with van der Waals surface area (Å²) < 4.78 is 20.3. The minimum Gasteiger partial charge on any atom is -0.508 e. The molecule has 0 aliphatic heterocycles. The van der Waals surface area contributed by atoms with Gasteiger partial charge in [0.1, 0.15) is 5.75 Å². The van der Waals surface area contributed by atoms with Gasteiger partial charge >= 0.3 is 0 Å². The van der Waals surface area contributed by atoms with E-state index in [0.717, 1.165) is 0 Å². The summed E-state index contributed by atoms with van der Waals surface area (Å²) >= 11 is -2.39. The highest BCUT2D eigenvalue weighted by molar-refractivity contribution is 7.81. The topological polar surface area (TPSA) is 77.8 Å². The first-order valence-corrected chi connectivity index (χ1v) is 4.79. The smallest absolute Gasteiger partial charge is 0.268 e. The first-order valence-electron chi connectivity index (χ1n) is 3.73. The molecule has 0 aromatic heterocycles. The van der Waals surface area contributed by atoms with Crippen molar-refractivity contribution in [3.8, 4) is 5.75 Å². The number of anilines is 1. The molecule has 0 radical (unpaired) electrons. The van der Waals surface area contributed by atoms with Gasteiger partial charge in [-0.1, -0.05) is 0 Å². The summed E-state index contributed by atoms with van der Waals surface area (Å²) in [5.74, 6) is -0.516. The minimum atomic E-state index is -2.39. The summed E-state index contributed by atoms with van der Waals surface area (Å²) in [5, 5.41) is 8.97. The van der Waals surface area contributed by atoms with Crippen molar-refractivity contribution in [3.63, 3.8) is 0 Å². The third-order valence-electron chi connectivity index (χ3n) is 1.53. The summed E-state index contributed by atoms with van der Waals surface area (Å²) in [6, 6.07) is 5.42. The highest BCUT2D eigenvalue weighted by atomic mass is 32.2. The fourth-order valence-corrected chi connectivity index (χ4v) is 1.49. The average Bonchev–Trinajstić information content (AvgIpc) is 2.07. The normalized spacial score (nSPS) is 12.1. The van der Waals surface area contributed by atoms with Gasteiger partial charge in [-0.25, -0.2) is 8.51 Å². The van der Waals surface area contributed by atoms with Crippen LogP contribution in [-0.4, -0.2) is 19.8 Å². The van der Waals surface area contributed by atoms with Gasteiger partial charge in [-0.05, 0) is 24.3 Å². The third kappa shape index (κ3) is 2.30. The fourth-order valence-electron chi connectivity index (χ4n) is 0.970. The third-order valence-corrected chi connectivity index (χ3v) is 2.31. The second-order valence-electron chi connectivity index (χ2n) is 2.56. The predicted molar refractivity (Wildman–Crippen MR) is 52.0 cm³/mol. The Morgan fingerprint density at radius 2 is 1.86 bits per heavy atom. The van der Waals surface area contributed by atoms with Crippen molar-refractivity contribution in [2.24, 2.45) is 0 Å². The van der Waals surface area contributed by atoms with Crippen LogP contribution in [0.3, 0.4) is 0 Å². The Kier molecular flexibility index (Phi) is 3.21. The zero-order valence-electron chi connectivity index (χ0n) is 7.38. The number of rotatable bonds is 2. The molecule has 0 heterocycles. The van der Waals surface area contributed by atoms with Crippen LogP contribution in [0, 0.1) is 0 Å². The molecule has 1 unspecified atom stereocenters. The van der Waals surface area contributed by atoms with Gasteiger partial charge in [-0.3, -0.25) is 9.35 Å². The fraction of sp³-hybridized carbons (Fsp3) is 0.125. The van der Waals surface area contributed by atoms with Gasteiger partial charge in [0.25, 0.3) is 11.3 Å². The van der Waals surface area contributed by atoms with Gasteiger partial charge < -0.3 is 5.11 Å². The van der Waals surface area contributed by atoms with E-state index >= 15 is 0 Å². The SMILES string of the molecule is CC(=O)N(c1ccc(O)cc1)S(=O)O. The quantitative estimate of drug-likeness (QED) is 0.718. The number of aromatic hydroxyl groups is 1. The molecule has 0 saturated carbocycles. The molecule has 1 aromatic rings. The molecule has 14 heavy (non-hydrogen) atoms. The number of carbonyl (C=O) groups excluding carboxylic acids is 1. The maximum Gasteiger partial charge on any atom is 0.268 e. The highest BCUT2D eigenvalue weighted by Crippen LogP contribution is 2.19.